The molecule has 0 fully saturated rings. The highest BCUT2D eigenvalue weighted by atomic mass is 35.5. The third kappa shape index (κ3) is 4.38. The zero-order chi connectivity index (χ0) is 16.1. The highest BCUT2D eigenvalue weighted by molar-refractivity contribution is 6.35. The molecule has 0 atom stereocenters. The Bertz CT molecular complexity index is 718. The van der Waals surface area contributed by atoms with E-state index in [-0.39, 0.29) is 11.3 Å². The lowest BCUT2D eigenvalue weighted by molar-refractivity contribution is -0.119. The Balaban J connectivity index is 1.93. The fraction of sp³-hybridized carbons (Fsp3) is 0.0667. The third-order valence-electron chi connectivity index (χ3n) is 2.62. The van der Waals surface area contributed by atoms with Gasteiger partial charge in [-0.05, 0) is 36.4 Å². The number of rotatable bonds is 4. The topological polar surface area (TPSA) is 75.6 Å². The predicted octanol–water partition coefficient (Wildman–Crippen LogP) is 3.49. The van der Waals surface area contributed by atoms with E-state index in [0.717, 1.165) is 0 Å². The van der Waals surface area contributed by atoms with E-state index >= 15 is 0 Å². The van der Waals surface area contributed by atoms with E-state index in [1.165, 1.54) is 36.4 Å². The van der Waals surface area contributed by atoms with Crippen molar-refractivity contribution in [2.24, 2.45) is 0 Å². The number of hydrogen-bond acceptors (Lipinski definition) is 4. The van der Waals surface area contributed by atoms with E-state index in [1.54, 1.807) is 6.07 Å². The van der Waals surface area contributed by atoms with Gasteiger partial charge in [-0.2, -0.15) is 0 Å². The van der Waals surface area contributed by atoms with Crippen molar-refractivity contribution in [3.05, 3.63) is 58.1 Å². The lowest BCUT2D eigenvalue weighted by Crippen LogP contribution is -2.21. The summed E-state index contributed by atoms with van der Waals surface area (Å²) in [6.45, 7) is -0.489. The molecule has 0 unspecified atom stereocenters. The number of amides is 1. The molecule has 0 saturated heterocycles. The van der Waals surface area contributed by atoms with Crippen LogP contribution in [0.15, 0.2) is 42.5 Å². The van der Waals surface area contributed by atoms with E-state index in [2.05, 4.69) is 5.32 Å². The molecule has 0 radical (unpaired) electrons. The molecule has 2 rings (SSSR count). The minimum atomic E-state index is -0.719. The van der Waals surface area contributed by atoms with Crippen molar-refractivity contribution < 1.29 is 19.4 Å². The van der Waals surface area contributed by atoms with Gasteiger partial charge in [0.05, 0.1) is 16.3 Å². The number of anilines is 1. The van der Waals surface area contributed by atoms with Gasteiger partial charge in [-0.15, -0.1) is 0 Å². The number of esters is 1. The predicted molar refractivity (Wildman–Crippen MR) is 83.5 cm³/mol. The van der Waals surface area contributed by atoms with Gasteiger partial charge in [0.2, 0.25) is 0 Å². The normalized spacial score (nSPS) is 10.1. The monoisotopic (exact) mass is 339 g/mol. The summed E-state index contributed by atoms with van der Waals surface area (Å²) in [5, 5.41) is 12.5. The Hall–Kier alpha value is -2.24. The first-order chi connectivity index (χ1) is 10.5. The van der Waals surface area contributed by atoms with Gasteiger partial charge < -0.3 is 15.2 Å². The second kappa shape index (κ2) is 7.15. The minimum absolute atomic E-state index is 0.0652. The first kappa shape index (κ1) is 16.1. The number of halogens is 2. The highest BCUT2D eigenvalue weighted by Crippen LogP contribution is 2.25. The molecule has 7 heteroatoms. The molecule has 0 spiro atoms. The summed E-state index contributed by atoms with van der Waals surface area (Å²) >= 11 is 11.7. The van der Waals surface area contributed by atoms with Crippen LogP contribution in [-0.2, 0) is 9.53 Å². The van der Waals surface area contributed by atoms with Crippen molar-refractivity contribution in [1.82, 2.24) is 0 Å². The Morgan fingerprint density at radius 1 is 1.14 bits per heavy atom. The van der Waals surface area contributed by atoms with Crippen LogP contribution in [0.25, 0.3) is 0 Å². The van der Waals surface area contributed by atoms with Gasteiger partial charge in [-0.3, -0.25) is 4.79 Å². The number of aromatic hydroxyl groups is 1. The van der Waals surface area contributed by atoms with Crippen molar-refractivity contribution in [1.29, 1.82) is 0 Å². The fourth-order valence-electron chi connectivity index (χ4n) is 1.63. The van der Waals surface area contributed by atoms with Crippen LogP contribution in [0.4, 0.5) is 5.69 Å². The molecule has 2 aromatic carbocycles. The molecule has 0 aromatic heterocycles. The molecule has 1 amide bonds. The van der Waals surface area contributed by atoms with Gasteiger partial charge in [-0.25, -0.2) is 4.79 Å². The van der Waals surface area contributed by atoms with Crippen LogP contribution in [-0.4, -0.2) is 23.6 Å². The summed E-state index contributed by atoms with van der Waals surface area (Å²) in [5.41, 5.74) is 0.473. The number of carbonyl (C=O) groups excluding carboxylic acids is 2. The van der Waals surface area contributed by atoms with Gasteiger partial charge >= 0.3 is 5.97 Å². The molecule has 0 heterocycles. The second-order valence-electron chi connectivity index (χ2n) is 4.30. The molecule has 2 aromatic rings. The lowest BCUT2D eigenvalue weighted by atomic mass is 10.2. The van der Waals surface area contributed by atoms with E-state index in [9.17, 15) is 14.7 Å². The van der Waals surface area contributed by atoms with Crippen LogP contribution in [0.1, 0.15) is 10.4 Å². The molecule has 0 aliphatic carbocycles. The van der Waals surface area contributed by atoms with Gasteiger partial charge in [0.1, 0.15) is 5.75 Å². The number of nitrogens with one attached hydrogen (secondary N) is 1. The SMILES string of the molecule is O=C(COC(=O)c1cccc(O)c1)Nc1cc(Cl)ccc1Cl. The van der Waals surface area contributed by atoms with Crippen molar-refractivity contribution in [3.8, 4) is 5.75 Å². The quantitative estimate of drug-likeness (QED) is 0.836. The van der Waals surface area contributed by atoms with Crippen molar-refractivity contribution in [2.45, 2.75) is 0 Å². The minimum Gasteiger partial charge on any atom is -0.508 e. The number of benzene rings is 2. The Labute approximate surface area is 136 Å². The maximum atomic E-state index is 11.7. The molecule has 22 heavy (non-hydrogen) atoms. The number of phenols is 1. The summed E-state index contributed by atoms with van der Waals surface area (Å²) in [6, 6.07) is 10.2. The lowest BCUT2D eigenvalue weighted by Gasteiger charge is -2.08. The summed E-state index contributed by atoms with van der Waals surface area (Å²) < 4.78 is 4.85. The first-order valence-corrected chi connectivity index (χ1v) is 6.92. The van der Waals surface area contributed by atoms with E-state index in [4.69, 9.17) is 27.9 Å². The highest BCUT2D eigenvalue weighted by Gasteiger charge is 2.12. The number of ether oxygens (including phenoxy) is 1. The van der Waals surface area contributed by atoms with E-state index < -0.39 is 18.5 Å². The van der Waals surface area contributed by atoms with Gasteiger partial charge in [-0.1, -0.05) is 29.3 Å². The summed E-state index contributed by atoms with van der Waals surface area (Å²) in [7, 11) is 0. The molecule has 2 N–H and O–H groups in total. The van der Waals surface area contributed by atoms with Gasteiger partial charge in [0, 0.05) is 5.02 Å². The molecular weight excluding hydrogens is 329 g/mol. The average Bonchev–Trinajstić information content (AvgIpc) is 2.48. The molecule has 0 aliphatic rings. The number of phenolic OH excluding ortho intramolecular Hbond substituents is 1. The van der Waals surface area contributed by atoms with Crippen molar-refractivity contribution in [3.63, 3.8) is 0 Å². The largest absolute Gasteiger partial charge is 0.508 e. The average molecular weight is 340 g/mol. The van der Waals surface area contributed by atoms with Gasteiger partial charge in [0.25, 0.3) is 5.91 Å². The smallest absolute Gasteiger partial charge is 0.338 e. The van der Waals surface area contributed by atoms with Crippen molar-refractivity contribution >= 4 is 40.8 Å². The molecule has 0 bridgehead atoms. The summed E-state index contributed by atoms with van der Waals surface area (Å²) in [4.78, 5) is 23.5. The van der Waals surface area contributed by atoms with Crippen molar-refractivity contribution in [2.75, 3.05) is 11.9 Å². The summed E-state index contributed by atoms with van der Waals surface area (Å²) in [5.74, 6) is -1.34. The zero-order valence-electron chi connectivity index (χ0n) is 11.2. The van der Waals surface area contributed by atoms with Crippen LogP contribution in [0.3, 0.4) is 0 Å². The van der Waals surface area contributed by atoms with Gasteiger partial charge in [0.15, 0.2) is 6.61 Å². The molecular formula is C15H11Cl2NO4. The van der Waals surface area contributed by atoms with Crippen LogP contribution in [0.5, 0.6) is 5.75 Å². The van der Waals surface area contributed by atoms with Crippen LogP contribution in [0, 0.1) is 0 Å². The maximum absolute atomic E-state index is 11.7. The summed E-state index contributed by atoms with van der Waals surface area (Å²) in [6.07, 6.45) is 0. The molecule has 0 aliphatic heterocycles. The third-order valence-corrected chi connectivity index (χ3v) is 3.18. The Kier molecular flexibility index (Phi) is 5.25. The maximum Gasteiger partial charge on any atom is 0.338 e. The van der Waals surface area contributed by atoms with E-state index in [1.807, 2.05) is 0 Å². The zero-order valence-corrected chi connectivity index (χ0v) is 12.7. The fourth-order valence-corrected chi connectivity index (χ4v) is 1.96. The van der Waals surface area contributed by atoms with Crippen LogP contribution in [0.2, 0.25) is 10.0 Å². The van der Waals surface area contributed by atoms with E-state index in [0.29, 0.717) is 15.7 Å². The molecule has 114 valence electrons. The van der Waals surface area contributed by atoms with Crippen LogP contribution >= 0.6 is 23.2 Å². The molecule has 5 nitrogen and oxygen atoms in total. The first-order valence-electron chi connectivity index (χ1n) is 6.17. The standard InChI is InChI=1S/C15H11Cl2NO4/c16-10-4-5-12(17)13(7-10)18-14(20)8-22-15(21)9-2-1-3-11(19)6-9/h1-7,19H,8H2,(H,18,20). The Morgan fingerprint density at radius 3 is 2.64 bits per heavy atom. The second-order valence-corrected chi connectivity index (χ2v) is 5.14. The molecule has 0 saturated carbocycles. The number of carbonyl (C=O) groups is 2. The Morgan fingerprint density at radius 2 is 1.91 bits per heavy atom. The van der Waals surface area contributed by atoms with Crippen LogP contribution < -0.4 is 5.32 Å². The number of hydrogen-bond donors (Lipinski definition) is 2.